The quantitative estimate of drug-likeness (QED) is 0.554. The van der Waals surface area contributed by atoms with Crippen molar-refractivity contribution >= 4 is 54.8 Å². The van der Waals surface area contributed by atoms with Gasteiger partial charge >= 0.3 is 0 Å². The number of halogens is 1. The van der Waals surface area contributed by atoms with E-state index in [-0.39, 0.29) is 24.8 Å². The van der Waals surface area contributed by atoms with Gasteiger partial charge in [-0.3, -0.25) is 14.2 Å². The van der Waals surface area contributed by atoms with E-state index in [1.165, 1.54) is 22.2 Å². The lowest BCUT2D eigenvalue weighted by atomic mass is 10.2. The third-order valence-corrected chi connectivity index (χ3v) is 5.84. The van der Waals surface area contributed by atoms with E-state index in [0.717, 1.165) is 10.1 Å². The number of aromatic nitrogens is 2. The smallest absolute Gasteiger partial charge is 0.271 e. The van der Waals surface area contributed by atoms with Crippen LogP contribution in [0.3, 0.4) is 0 Å². The second-order valence-corrected chi connectivity index (χ2v) is 7.65. The Kier molecular flexibility index (Phi) is 3.96. The molecule has 2 aromatic heterocycles. The van der Waals surface area contributed by atoms with Crippen molar-refractivity contribution in [2.75, 3.05) is 12.1 Å². The molecule has 0 saturated carbocycles. The van der Waals surface area contributed by atoms with Crippen molar-refractivity contribution in [2.45, 2.75) is 6.54 Å². The highest BCUT2D eigenvalue weighted by Gasteiger charge is 2.17. The molecule has 1 aliphatic heterocycles. The van der Waals surface area contributed by atoms with Crippen LogP contribution in [0.2, 0.25) is 5.02 Å². The summed E-state index contributed by atoms with van der Waals surface area (Å²) in [6.45, 7) is 0.00515. The number of rotatable bonds is 3. The van der Waals surface area contributed by atoms with Crippen LogP contribution >= 0.6 is 22.9 Å². The Hall–Kier alpha value is -3.10. The number of fused-ring (bicyclic) bond motifs is 4. The SMILES string of the molecule is O=C(Cn1cnc2c(sc3cccc(Cl)c32)c1=O)Nc1ccc2c(c1)OCO2. The zero-order chi connectivity index (χ0) is 19.3. The predicted molar refractivity (Wildman–Crippen MR) is 108 cm³/mol. The highest BCUT2D eigenvalue weighted by Crippen LogP contribution is 2.35. The first-order valence-corrected chi connectivity index (χ1v) is 9.55. The van der Waals surface area contributed by atoms with E-state index < -0.39 is 0 Å². The van der Waals surface area contributed by atoms with Crippen LogP contribution in [-0.2, 0) is 11.3 Å². The van der Waals surface area contributed by atoms with Gasteiger partial charge in [0.2, 0.25) is 12.7 Å². The summed E-state index contributed by atoms with van der Waals surface area (Å²) in [6.07, 6.45) is 1.37. The van der Waals surface area contributed by atoms with Crippen LogP contribution in [0.1, 0.15) is 0 Å². The fourth-order valence-electron chi connectivity index (χ4n) is 3.11. The highest BCUT2D eigenvalue weighted by molar-refractivity contribution is 7.25. The number of amides is 1. The first-order chi connectivity index (χ1) is 13.6. The Balaban J connectivity index is 1.44. The van der Waals surface area contributed by atoms with Gasteiger partial charge in [0.25, 0.3) is 5.56 Å². The number of hydrogen-bond acceptors (Lipinski definition) is 6. The van der Waals surface area contributed by atoms with E-state index in [0.29, 0.717) is 32.4 Å². The summed E-state index contributed by atoms with van der Waals surface area (Å²) in [6, 6.07) is 10.6. The van der Waals surface area contributed by atoms with Crippen LogP contribution in [0, 0.1) is 0 Å². The average Bonchev–Trinajstić information content (AvgIpc) is 3.29. The molecule has 1 amide bonds. The molecule has 0 aliphatic carbocycles. The van der Waals surface area contributed by atoms with Crippen molar-refractivity contribution in [3.63, 3.8) is 0 Å². The van der Waals surface area contributed by atoms with Crippen molar-refractivity contribution in [3.8, 4) is 11.5 Å². The van der Waals surface area contributed by atoms with E-state index >= 15 is 0 Å². The molecule has 0 spiro atoms. The Bertz CT molecular complexity index is 1310. The number of hydrogen-bond donors (Lipinski definition) is 1. The zero-order valence-electron chi connectivity index (χ0n) is 14.3. The number of nitrogens with zero attached hydrogens (tertiary/aromatic N) is 2. The van der Waals surface area contributed by atoms with Crippen molar-refractivity contribution in [2.24, 2.45) is 0 Å². The Morgan fingerprint density at radius 2 is 2.11 bits per heavy atom. The first kappa shape index (κ1) is 17.0. The molecule has 0 unspecified atom stereocenters. The van der Waals surface area contributed by atoms with E-state index in [4.69, 9.17) is 21.1 Å². The summed E-state index contributed by atoms with van der Waals surface area (Å²) >= 11 is 7.58. The van der Waals surface area contributed by atoms with Gasteiger partial charge in [0.1, 0.15) is 11.2 Å². The molecule has 7 nitrogen and oxygen atoms in total. The van der Waals surface area contributed by atoms with E-state index in [1.54, 1.807) is 24.3 Å². The summed E-state index contributed by atoms with van der Waals surface area (Å²) in [5.74, 6) is 0.855. The fourth-order valence-corrected chi connectivity index (χ4v) is 4.56. The van der Waals surface area contributed by atoms with E-state index in [9.17, 15) is 9.59 Å². The number of carbonyl (C=O) groups is 1. The Morgan fingerprint density at radius 3 is 3.00 bits per heavy atom. The number of ether oxygens (including phenoxy) is 2. The number of anilines is 1. The van der Waals surface area contributed by atoms with Gasteiger partial charge in [0.15, 0.2) is 11.5 Å². The minimum Gasteiger partial charge on any atom is -0.454 e. The predicted octanol–water partition coefficient (Wildman–Crippen LogP) is 3.63. The van der Waals surface area contributed by atoms with Crippen molar-refractivity contribution in [1.82, 2.24) is 9.55 Å². The monoisotopic (exact) mass is 413 g/mol. The summed E-state index contributed by atoms with van der Waals surface area (Å²) in [5.41, 5.74) is 0.844. The van der Waals surface area contributed by atoms with Gasteiger partial charge in [-0.25, -0.2) is 4.98 Å². The van der Waals surface area contributed by atoms with Crippen LogP contribution in [0.25, 0.3) is 20.3 Å². The third kappa shape index (κ3) is 2.78. The first-order valence-electron chi connectivity index (χ1n) is 8.36. The molecule has 28 heavy (non-hydrogen) atoms. The maximum Gasteiger partial charge on any atom is 0.271 e. The number of benzene rings is 2. The molecule has 5 rings (SSSR count). The molecule has 0 atom stereocenters. The maximum absolute atomic E-state index is 12.8. The standard InChI is InChI=1S/C19H12ClN3O4S/c20-11-2-1-3-14-16(11)17-18(28-14)19(25)23(8-21-17)7-15(24)22-10-4-5-12-13(6-10)27-9-26-12/h1-6,8H,7,9H2,(H,22,24). The summed E-state index contributed by atoms with van der Waals surface area (Å²) < 4.78 is 13.2. The Labute approximate surface area is 167 Å². The Morgan fingerprint density at radius 1 is 1.25 bits per heavy atom. The molecule has 0 fully saturated rings. The molecule has 1 aliphatic rings. The maximum atomic E-state index is 12.8. The molecule has 0 saturated heterocycles. The van der Waals surface area contributed by atoms with Gasteiger partial charge in [-0.05, 0) is 24.3 Å². The van der Waals surface area contributed by atoms with E-state index in [2.05, 4.69) is 10.3 Å². The van der Waals surface area contributed by atoms with Gasteiger partial charge in [0, 0.05) is 21.8 Å². The molecule has 9 heteroatoms. The van der Waals surface area contributed by atoms with Crippen molar-refractivity contribution in [1.29, 1.82) is 0 Å². The molecule has 140 valence electrons. The van der Waals surface area contributed by atoms with Crippen molar-refractivity contribution in [3.05, 3.63) is 58.1 Å². The summed E-state index contributed by atoms with van der Waals surface area (Å²) in [4.78, 5) is 29.6. The number of thiophene rings is 1. The second kappa shape index (κ2) is 6.50. The van der Waals surface area contributed by atoms with Gasteiger partial charge < -0.3 is 14.8 Å². The molecule has 0 radical (unpaired) electrons. The van der Waals surface area contributed by atoms with Crippen molar-refractivity contribution < 1.29 is 14.3 Å². The summed E-state index contributed by atoms with van der Waals surface area (Å²) in [7, 11) is 0. The van der Waals surface area contributed by atoms with Gasteiger partial charge in [-0.2, -0.15) is 0 Å². The van der Waals surface area contributed by atoms with E-state index in [1.807, 2.05) is 12.1 Å². The minimum absolute atomic E-state index is 0.155. The lowest BCUT2D eigenvalue weighted by molar-refractivity contribution is -0.116. The van der Waals surface area contributed by atoms with Gasteiger partial charge in [0.05, 0.1) is 16.9 Å². The average molecular weight is 414 g/mol. The minimum atomic E-state index is -0.346. The largest absolute Gasteiger partial charge is 0.454 e. The van der Waals surface area contributed by atoms with Crippen LogP contribution in [0.5, 0.6) is 11.5 Å². The summed E-state index contributed by atoms with van der Waals surface area (Å²) in [5, 5.41) is 4.06. The molecule has 4 aromatic rings. The number of carbonyl (C=O) groups excluding carboxylic acids is 1. The highest BCUT2D eigenvalue weighted by atomic mass is 35.5. The topological polar surface area (TPSA) is 82.5 Å². The molecular formula is C19H12ClN3O4S. The van der Waals surface area contributed by atoms with Crippen LogP contribution in [0.4, 0.5) is 5.69 Å². The molecule has 3 heterocycles. The molecule has 2 aromatic carbocycles. The van der Waals surface area contributed by atoms with Gasteiger partial charge in [-0.15, -0.1) is 11.3 Å². The van der Waals surface area contributed by atoms with Crippen LogP contribution < -0.4 is 20.3 Å². The number of nitrogens with one attached hydrogen (secondary N) is 1. The lowest BCUT2D eigenvalue weighted by Gasteiger charge is -2.08. The zero-order valence-corrected chi connectivity index (χ0v) is 15.8. The van der Waals surface area contributed by atoms with Crippen LogP contribution in [0.15, 0.2) is 47.5 Å². The molecule has 1 N–H and O–H groups in total. The third-order valence-electron chi connectivity index (χ3n) is 4.39. The molecular weight excluding hydrogens is 402 g/mol. The van der Waals surface area contributed by atoms with Crippen LogP contribution in [-0.4, -0.2) is 22.3 Å². The lowest BCUT2D eigenvalue weighted by Crippen LogP contribution is -2.27. The normalized spacial score (nSPS) is 12.6. The molecule has 0 bridgehead atoms. The second-order valence-electron chi connectivity index (χ2n) is 6.19. The fraction of sp³-hybridized carbons (Fsp3) is 0.105. The van der Waals surface area contributed by atoms with Gasteiger partial charge in [-0.1, -0.05) is 17.7 Å².